The maximum absolute atomic E-state index is 11.6. The van der Waals surface area contributed by atoms with Crippen LogP contribution >= 0.6 is 11.8 Å². The summed E-state index contributed by atoms with van der Waals surface area (Å²) in [4.78, 5) is 33.5. The highest BCUT2D eigenvalue weighted by atomic mass is 32.2. The molecule has 0 spiro atoms. The Morgan fingerprint density at radius 1 is 1.26 bits per heavy atom. The quantitative estimate of drug-likeness (QED) is 0.485. The van der Waals surface area contributed by atoms with Gasteiger partial charge in [0, 0.05) is 12.3 Å². The van der Waals surface area contributed by atoms with Crippen LogP contribution in [0.15, 0.2) is 39.8 Å². The van der Waals surface area contributed by atoms with Crippen LogP contribution in [0.4, 0.5) is 0 Å². The van der Waals surface area contributed by atoms with E-state index < -0.39 is 23.5 Å². The lowest BCUT2D eigenvalue weighted by Gasteiger charge is -1.98. The predicted octanol–water partition coefficient (Wildman–Crippen LogP) is 2.18. The molecular weight excluding hydrogens is 268 g/mol. The zero-order valence-corrected chi connectivity index (χ0v) is 10.9. The first-order chi connectivity index (χ1) is 9.06. The Bertz CT molecular complexity index is 610. The Kier molecular flexibility index (Phi) is 4.01. The molecule has 19 heavy (non-hydrogen) atoms. The number of benzene rings is 1. The molecule has 0 aliphatic carbocycles. The number of hydrogen-bond donors (Lipinski definition) is 0. The van der Waals surface area contributed by atoms with Crippen molar-refractivity contribution in [1.29, 1.82) is 0 Å². The minimum Gasteiger partial charge on any atom is -0.457 e. The van der Waals surface area contributed by atoms with Crippen molar-refractivity contribution in [2.24, 2.45) is 0 Å². The standard InChI is InChI=1S/C13H10O5S/c1-8(14)17-7-10(15)13(16)19-12-6-9-4-2-3-5-11(9)18-12/h2-6H,7H2,1H3. The van der Waals surface area contributed by atoms with Crippen molar-refractivity contribution >= 4 is 39.6 Å². The zero-order chi connectivity index (χ0) is 13.8. The summed E-state index contributed by atoms with van der Waals surface area (Å²) in [5.41, 5.74) is 0.644. The van der Waals surface area contributed by atoms with Crippen LogP contribution in [0.3, 0.4) is 0 Å². The van der Waals surface area contributed by atoms with Crippen molar-refractivity contribution in [2.45, 2.75) is 12.0 Å². The third kappa shape index (κ3) is 3.45. The second-order valence-corrected chi connectivity index (χ2v) is 4.67. The lowest BCUT2D eigenvalue weighted by molar-refractivity contribution is -0.147. The highest BCUT2D eigenvalue weighted by Crippen LogP contribution is 2.27. The fourth-order valence-corrected chi connectivity index (χ4v) is 2.06. The molecular formula is C13H10O5S. The van der Waals surface area contributed by atoms with Gasteiger partial charge in [0.05, 0.1) is 0 Å². The summed E-state index contributed by atoms with van der Waals surface area (Å²) in [6.07, 6.45) is 0. The Labute approximate surface area is 112 Å². The number of Topliss-reactive ketones (excluding diaryl/α,β-unsaturated/α-hetero) is 1. The Hall–Kier alpha value is -2.08. The van der Waals surface area contributed by atoms with Gasteiger partial charge in [-0.15, -0.1) is 0 Å². The van der Waals surface area contributed by atoms with Gasteiger partial charge in [-0.05, 0) is 23.9 Å². The van der Waals surface area contributed by atoms with Gasteiger partial charge >= 0.3 is 5.97 Å². The third-order valence-corrected chi connectivity index (χ3v) is 3.05. The molecule has 0 saturated heterocycles. The largest absolute Gasteiger partial charge is 0.457 e. The maximum atomic E-state index is 11.6. The Morgan fingerprint density at radius 2 is 2.00 bits per heavy atom. The van der Waals surface area contributed by atoms with Gasteiger partial charge in [0.2, 0.25) is 5.78 Å². The fourth-order valence-electron chi connectivity index (χ4n) is 1.38. The van der Waals surface area contributed by atoms with Crippen molar-refractivity contribution in [2.75, 3.05) is 6.61 Å². The van der Waals surface area contributed by atoms with Crippen LogP contribution in [0, 0.1) is 0 Å². The van der Waals surface area contributed by atoms with E-state index in [0.717, 1.165) is 5.39 Å². The Balaban J connectivity index is 2.02. The molecule has 0 radical (unpaired) electrons. The molecule has 0 fully saturated rings. The highest BCUT2D eigenvalue weighted by molar-refractivity contribution is 8.15. The van der Waals surface area contributed by atoms with Gasteiger partial charge in [-0.1, -0.05) is 18.2 Å². The van der Waals surface area contributed by atoms with E-state index >= 15 is 0 Å². The van der Waals surface area contributed by atoms with Crippen LogP contribution in [-0.4, -0.2) is 23.5 Å². The van der Waals surface area contributed by atoms with Crippen molar-refractivity contribution < 1.29 is 23.5 Å². The van der Waals surface area contributed by atoms with E-state index in [9.17, 15) is 14.4 Å². The van der Waals surface area contributed by atoms with E-state index in [2.05, 4.69) is 4.74 Å². The van der Waals surface area contributed by atoms with Gasteiger partial charge in [0.25, 0.3) is 5.12 Å². The molecule has 0 aliphatic heterocycles. The predicted molar refractivity (Wildman–Crippen MR) is 68.7 cm³/mol. The highest BCUT2D eigenvalue weighted by Gasteiger charge is 2.18. The molecule has 5 nitrogen and oxygen atoms in total. The first kappa shape index (κ1) is 13.4. The summed E-state index contributed by atoms with van der Waals surface area (Å²) < 4.78 is 9.86. The molecule has 2 aromatic rings. The van der Waals surface area contributed by atoms with E-state index in [1.807, 2.05) is 18.2 Å². The second kappa shape index (κ2) is 5.71. The number of rotatable bonds is 4. The molecule has 0 unspecified atom stereocenters. The van der Waals surface area contributed by atoms with Gasteiger partial charge in [0.1, 0.15) is 5.58 Å². The molecule has 0 amide bonds. The number of carbonyl (C=O) groups is 3. The lowest BCUT2D eigenvalue weighted by Crippen LogP contribution is -2.18. The number of furan rings is 1. The molecule has 0 bridgehead atoms. The van der Waals surface area contributed by atoms with Crippen molar-refractivity contribution in [3.63, 3.8) is 0 Å². The van der Waals surface area contributed by atoms with Gasteiger partial charge in [-0.3, -0.25) is 14.4 Å². The van der Waals surface area contributed by atoms with Crippen LogP contribution in [0.1, 0.15) is 6.92 Å². The molecule has 0 aliphatic rings. The smallest absolute Gasteiger partial charge is 0.303 e. The van der Waals surface area contributed by atoms with Crippen molar-refractivity contribution in [3.8, 4) is 0 Å². The van der Waals surface area contributed by atoms with Crippen LogP contribution in [0.25, 0.3) is 11.0 Å². The number of fused-ring (bicyclic) bond motifs is 1. The summed E-state index contributed by atoms with van der Waals surface area (Å²) in [5, 5.41) is 0.466. The average Bonchev–Trinajstić information content (AvgIpc) is 2.77. The first-order valence-corrected chi connectivity index (χ1v) is 6.25. The molecule has 0 saturated carbocycles. The van der Waals surface area contributed by atoms with Gasteiger partial charge in [0.15, 0.2) is 11.7 Å². The number of ether oxygens (including phenoxy) is 1. The summed E-state index contributed by atoms with van der Waals surface area (Å²) >= 11 is 0.683. The van der Waals surface area contributed by atoms with E-state index in [1.54, 1.807) is 12.1 Å². The number of thioether (sulfide) groups is 1. The summed E-state index contributed by atoms with van der Waals surface area (Å²) in [6, 6.07) is 8.95. The number of carbonyl (C=O) groups excluding carboxylic acids is 3. The van der Waals surface area contributed by atoms with E-state index in [1.165, 1.54) is 6.92 Å². The van der Waals surface area contributed by atoms with E-state index in [-0.39, 0.29) is 0 Å². The van der Waals surface area contributed by atoms with Crippen LogP contribution in [-0.2, 0) is 19.1 Å². The molecule has 1 heterocycles. The molecule has 0 atom stereocenters. The van der Waals surface area contributed by atoms with Gasteiger partial charge in [-0.25, -0.2) is 0 Å². The Morgan fingerprint density at radius 3 is 2.68 bits per heavy atom. The molecule has 2 rings (SSSR count). The number of esters is 1. The minimum absolute atomic E-state index is 0.336. The maximum Gasteiger partial charge on any atom is 0.303 e. The average molecular weight is 278 g/mol. The van der Waals surface area contributed by atoms with Crippen LogP contribution < -0.4 is 0 Å². The molecule has 1 aromatic heterocycles. The number of para-hydroxylation sites is 1. The summed E-state index contributed by atoms with van der Waals surface area (Å²) in [5.74, 6) is -1.38. The molecule has 0 N–H and O–H groups in total. The minimum atomic E-state index is -0.777. The van der Waals surface area contributed by atoms with Gasteiger partial charge < -0.3 is 9.15 Å². The molecule has 6 heteroatoms. The zero-order valence-electron chi connectivity index (χ0n) is 10.0. The fraction of sp³-hybridized carbons (Fsp3) is 0.154. The monoisotopic (exact) mass is 278 g/mol. The summed E-state index contributed by atoms with van der Waals surface area (Å²) in [7, 11) is 0. The van der Waals surface area contributed by atoms with Crippen LogP contribution in [0.2, 0.25) is 0 Å². The molecule has 1 aromatic carbocycles. The number of ketones is 1. The number of hydrogen-bond acceptors (Lipinski definition) is 6. The van der Waals surface area contributed by atoms with Crippen molar-refractivity contribution in [3.05, 3.63) is 30.3 Å². The third-order valence-electron chi connectivity index (χ3n) is 2.23. The normalized spacial score (nSPS) is 10.4. The first-order valence-electron chi connectivity index (χ1n) is 5.43. The molecule has 98 valence electrons. The van der Waals surface area contributed by atoms with Gasteiger partial charge in [-0.2, -0.15) is 0 Å². The second-order valence-electron chi connectivity index (χ2n) is 3.70. The lowest BCUT2D eigenvalue weighted by atomic mass is 10.3. The topological polar surface area (TPSA) is 73.6 Å². The van der Waals surface area contributed by atoms with E-state index in [0.29, 0.717) is 22.4 Å². The van der Waals surface area contributed by atoms with Crippen molar-refractivity contribution in [1.82, 2.24) is 0 Å². The van der Waals surface area contributed by atoms with E-state index in [4.69, 9.17) is 4.42 Å². The van der Waals surface area contributed by atoms with Crippen LogP contribution in [0.5, 0.6) is 0 Å². The SMILES string of the molecule is CC(=O)OCC(=O)C(=O)Sc1cc2ccccc2o1. The summed E-state index contributed by atoms with van der Waals surface area (Å²) in [6.45, 7) is 0.630.